The lowest BCUT2D eigenvalue weighted by Crippen LogP contribution is -2.15. The van der Waals surface area contributed by atoms with E-state index in [1.807, 2.05) is 6.92 Å². The van der Waals surface area contributed by atoms with Gasteiger partial charge < -0.3 is 0 Å². The molecule has 0 saturated heterocycles. The average molecular weight is 227 g/mol. The van der Waals surface area contributed by atoms with Crippen LogP contribution in [-0.2, 0) is 11.2 Å². The average Bonchev–Trinajstić information content (AvgIpc) is 2.90. The maximum Gasteiger partial charge on any atom is 0.143 e. The molecule has 0 radical (unpaired) electrons. The van der Waals surface area contributed by atoms with Gasteiger partial charge in [0.25, 0.3) is 0 Å². The van der Waals surface area contributed by atoms with Gasteiger partial charge in [-0.1, -0.05) is 24.6 Å². The van der Waals surface area contributed by atoms with Crippen LogP contribution in [0.1, 0.15) is 25.3 Å². The standard InChI is InChI=1S/C12H12ClFO/c1-12(4-5-12)11(15)6-8-2-3-9(13)7-10(8)14/h2-3,7H,4-6H2,1H3. The van der Waals surface area contributed by atoms with Gasteiger partial charge in [0.05, 0.1) is 0 Å². The second kappa shape index (κ2) is 3.60. The van der Waals surface area contributed by atoms with Crippen LogP contribution in [0.4, 0.5) is 4.39 Å². The quantitative estimate of drug-likeness (QED) is 0.772. The van der Waals surface area contributed by atoms with E-state index in [1.165, 1.54) is 6.07 Å². The van der Waals surface area contributed by atoms with Crippen molar-refractivity contribution in [2.24, 2.45) is 5.41 Å². The molecule has 80 valence electrons. The van der Waals surface area contributed by atoms with Gasteiger partial charge in [0.2, 0.25) is 0 Å². The van der Waals surface area contributed by atoms with E-state index in [2.05, 4.69) is 0 Å². The molecule has 1 saturated carbocycles. The van der Waals surface area contributed by atoms with Crippen molar-refractivity contribution in [2.45, 2.75) is 26.2 Å². The predicted octanol–water partition coefficient (Wildman–Crippen LogP) is 3.39. The van der Waals surface area contributed by atoms with Crippen LogP contribution in [0, 0.1) is 11.2 Å². The van der Waals surface area contributed by atoms with Crippen LogP contribution >= 0.6 is 11.6 Å². The fourth-order valence-corrected chi connectivity index (χ4v) is 1.68. The van der Waals surface area contributed by atoms with Crippen molar-refractivity contribution in [1.29, 1.82) is 0 Å². The smallest absolute Gasteiger partial charge is 0.143 e. The molecule has 0 bridgehead atoms. The summed E-state index contributed by atoms with van der Waals surface area (Å²) < 4.78 is 13.4. The van der Waals surface area contributed by atoms with E-state index >= 15 is 0 Å². The molecule has 0 spiro atoms. The van der Waals surface area contributed by atoms with Crippen molar-refractivity contribution >= 4 is 17.4 Å². The molecule has 1 nitrogen and oxygen atoms in total. The molecule has 0 N–H and O–H groups in total. The van der Waals surface area contributed by atoms with Crippen molar-refractivity contribution in [3.8, 4) is 0 Å². The summed E-state index contributed by atoms with van der Waals surface area (Å²) in [6.45, 7) is 1.93. The number of carbonyl (C=O) groups is 1. The Morgan fingerprint density at radius 2 is 2.20 bits per heavy atom. The molecule has 0 heterocycles. The summed E-state index contributed by atoms with van der Waals surface area (Å²) in [7, 11) is 0. The van der Waals surface area contributed by atoms with Crippen LogP contribution < -0.4 is 0 Å². The number of Topliss-reactive ketones (excluding diaryl/α,β-unsaturated/α-hetero) is 1. The molecule has 0 aromatic heterocycles. The molecule has 0 unspecified atom stereocenters. The second-order valence-corrected chi connectivity index (χ2v) is 4.83. The number of ketones is 1. The maximum atomic E-state index is 13.4. The van der Waals surface area contributed by atoms with E-state index in [-0.39, 0.29) is 23.4 Å². The minimum Gasteiger partial charge on any atom is -0.299 e. The van der Waals surface area contributed by atoms with Gasteiger partial charge >= 0.3 is 0 Å². The van der Waals surface area contributed by atoms with E-state index in [4.69, 9.17) is 11.6 Å². The molecule has 2 rings (SSSR count). The molecule has 15 heavy (non-hydrogen) atoms. The normalized spacial score (nSPS) is 17.5. The third kappa shape index (κ3) is 2.20. The largest absolute Gasteiger partial charge is 0.299 e. The van der Waals surface area contributed by atoms with Gasteiger partial charge in [-0.05, 0) is 30.5 Å². The zero-order chi connectivity index (χ0) is 11.1. The molecular formula is C12H12ClFO. The van der Waals surface area contributed by atoms with E-state index < -0.39 is 0 Å². The van der Waals surface area contributed by atoms with Crippen molar-refractivity contribution in [1.82, 2.24) is 0 Å². The highest BCUT2D eigenvalue weighted by Crippen LogP contribution is 2.46. The highest BCUT2D eigenvalue weighted by Gasteiger charge is 2.44. The van der Waals surface area contributed by atoms with Gasteiger partial charge in [0, 0.05) is 16.9 Å². The highest BCUT2D eigenvalue weighted by atomic mass is 35.5. The number of halogens is 2. The number of hydrogen-bond donors (Lipinski definition) is 0. The van der Waals surface area contributed by atoms with Crippen molar-refractivity contribution in [2.75, 3.05) is 0 Å². The lowest BCUT2D eigenvalue weighted by Gasteiger charge is -2.07. The molecule has 0 amide bonds. The second-order valence-electron chi connectivity index (χ2n) is 4.40. The Morgan fingerprint density at radius 1 is 1.53 bits per heavy atom. The number of rotatable bonds is 3. The molecule has 3 heteroatoms. The Labute approximate surface area is 93.2 Å². The first-order valence-electron chi connectivity index (χ1n) is 4.98. The number of benzene rings is 1. The van der Waals surface area contributed by atoms with E-state index in [9.17, 15) is 9.18 Å². The van der Waals surface area contributed by atoms with Crippen LogP contribution in [-0.4, -0.2) is 5.78 Å². The summed E-state index contributed by atoms with van der Waals surface area (Å²) in [6.07, 6.45) is 2.04. The SMILES string of the molecule is CC1(C(=O)Cc2ccc(Cl)cc2F)CC1. The lowest BCUT2D eigenvalue weighted by atomic mass is 9.97. The van der Waals surface area contributed by atoms with Crippen LogP contribution in [0.3, 0.4) is 0 Å². The zero-order valence-electron chi connectivity index (χ0n) is 8.52. The first-order valence-corrected chi connectivity index (χ1v) is 5.36. The van der Waals surface area contributed by atoms with Gasteiger partial charge in [0.15, 0.2) is 0 Å². The van der Waals surface area contributed by atoms with Gasteiger partial charge in [-0.3, -0.25) is 4.79 Å². The summed E-state index contributed by atoms with van der Waals surface area (Å²) >= 11 is 5.63. The maximum absolute atomic E-state index is 13.4. The third-order valence-corrected chi connectivity index (χ3v) is 3.27. The molecule has 1 aliphatic rings. The van der Waals surface area contributed by atoms with Crippen LogP contribution in [0.15, 0.2) is 18.2 Å². The summed E-state index contributed by atoms with van der Waals surface area (Å²) in [5.74, 6) is -0.260. The number of hydrogen-bond acceptors (Lipinski definition) is 1. The summed E-state index contributed by atoms with van der Waals surface area (Å²) in [6, 6.07) is 4.45. The molecule has 1 aliphatic carbocycles. The van der Waals surface area contributed by atoms with E-state index in [0.717, 1.165) is 12.8 Å². The monoisotopic (exact) mass is 226 g/mol. The first-order chi connectivity index (χ1) is 7.01. The molecular weight excluding hydrogens is 215 g/mol. The van der Waals surface area contributed by atoms with Crippen LogP contribution in [0.2, 0.25) is 5.02 Å². The summed E-state index contributed by atoms with van der Waals surface area (Å²) in [4.78, 5) is 11.7. The Hall–Kier alpha value is -0.890. The van der Waals surface area contributed by atoms with Crippen molar-refractivity contribution < 1.29 is 9.18 Å². The molecule has 0 atom stereocenters. The fourth-order valence-electron chi connectivity index (χ4n) is 1.52. The van der Waals surface area contributed by atoms with E-state index in [0.29, 0.717) is 10.6 Å². The van der Waals surface area contributed by atoms with Crippen LogP contribution in [0.25, 0.3) is 0 Å². The molecule has 0 aliphatic heterocycles. The highest BCUT2D eigenvalue weighted by molar-refractivity contribution is 6.30. The Morgan fingerprint density at radius 3 is 2.73 bits per heavy atom. The molecule has 1 fully saturated rings. The minimum absolute atomic E-state index is 0.128. The Balaban J connectivity index is 2.14. The fraction of sp³-hybridized carbons (Fsp3) is 0.417. The van der Waals surface area contributed by atoms with Gasteiger partial charge in [-0.15, -0.1) is 0 Å². The lowest BCUT2D eigenvalue weighted by molar-refractivity contribution is -0.122. The minimum atomic E-state index is -0.389. The zero-order valence-corrected chi connectivity index (χ0v) is 9.27. The van der Waals surface area contributed by atoms with Crippen LogP contribution in [0.5, 0.6) is 0 Å². The number of carbonyl (C=O) groups excluding carboxylic acids is 1. The molecule has 1 aromatic carbocycles. The third-order valence-electron chi connectivity index (χ3n) is 3.04. The van der Waals surface area contributed by atoms with Crippen molar-refractivity contribution in [3.05, 3.63) is 34.6 Å². The van der Waals surface area contributed by atoms with E-state index in [1.54, 1.807) is 12.1 Å². The first kappa shape index (κ1) is 10.6. The predicted molar refractivity (Wildman–Crippen MR) is 57.5 cm³/mol. The van der Waals surface area contributed by atoms with Crippen molar-refractivity contribution in [3.63, 3.8) is 0 Å². The summed E-state index contributed by atoms with van der Waals surface area (Å²) in [5, 5.41) is 0.362. The Kier molecular flexibility index (Phi) is 2.55. The van der Waals surface area contributed by atoms with Gasteiger partial charge in [-0.25, -0.2) is 4.39 Å². The van der Waals surface area contributed by atoms with Gasteiger partial charge in [-0.2, -0.15) is 0 Å². The summed E-state index contributed by atoms with van der Waals surface area (Å²) in [5.41, 5.74) is 0.254. The topological polar surface area (TPSA) is 17.1 Å². The Bertz CT molecular complexity index is 410. The van der Waals surface area contributed by atoms with Gasteiger partial charge in [0.1, 0.15) is 11.6 Å². The molecule has 1 aromatic rings.